The van der Waals surface area contributed by atoms with E-state index >= 15 is 0 Å². The van der Waals surface area contributed by atoms with Gasteiger partial charge in [0, 0.05) is 31.6 Å². The van der Waals surface area contributed by atoms with Crippen molar-refractivity contribution < 1.29 is 9.90 Å². The standard InChI is InChI=1S/C16H22N2O2/c19-15-4-2-1-3-12(15)5-8-16(20)17-13-9-10-18(11-13)14-6-7-14/h1-4,13-14,19H,5-11H2,(H,17,20). The minimum Gasteiger partial charge on any atom is -0.508 e. The molecule has 0 spiro atoms. The zero-order valence-electron chi connectivity index (χ0n) is 11.7. The molecule has 2 fully saturated rings. The van der Waals surface area contributed by atoms with E-state index in [-0.39, 0.29) is 11.7 Å². The molecule has 2 aliphatic rings. The molecule has 1 aromatic rings. The molecule has 1 unspecified atom stereocenters. The third-order valence-corrected chi connectivity index (χ3v) is 4.26. The topological polar surface area (TPSA) is 52.6 Å². The lowest BCUT2D eigenvalue weighted by Gasteiger charge is -2.15. The summed E-state index contributed by atoms with van der Waals surface area (Å²) in [6.07, 6.45) is 4.76. The molecule has 2 N–H and O–H groups in total. The molecule has 1 aliphatic heterocycles. The van der Waals surface area contributed by atoms with Gasteiger partial charge in [0.15, 0.2) is 0 Å². The van der Waals surface area contributed by atoms with E-state index in [1.165, 1.54) is 12.8 Å². The Morgan fingerprint density at radius 3 is 2.85 bits per heavy atom. The van der Waals surface area contributed by atoms with Gasteiger partial charge in [-0.1, -0.05) is 18.2 Å². The average molecular weight is 274 g/mol. The zero-order valence-corrected chi connectivity index (χ0v) is 11.7. The van der Waals surface area contributed by atoms with Gasteiger partial charge < -0.3 is 10.4 Å². The Morgan fingerprint density at radius 1 is 1.30 bits per heavy atom. The Morgan fingerprint density at radius 2 is 2.10 bits per heavy atom. The van der Waals surface area contributed by atoms with Gasteiger partial charge in [0.05, 0.1) is 0 Å². The molecule has 1 aliphatic carbocycles. The number of phenols is 1. The first-order valence-corrected chi connectivity index (χ1v) is 7.52. The van der Waals surface area contributed by atoms with Gasteiger partial charge in [0.2, 0.25) is 5.91 Å². The molecule has 1 aromatic carbocycles. The Bertz CT molecular complexity index is 485. The first-order chi connectivity index (χ1) is 9.72. The predicted octanol–water partition coefficient (Wildman–Crippen LogP) is 1.68. The van der Waals surface area contributed by atoms with Crippen LogP contribution in [0.2, 0.25) is 0 Å². The van der Waals surface area contributed by atoms with Crippen LogP contribution in [-0.2, 0) is 11.2 Å². The van der Waals surface area contributed by atoms with Gasteiger partial charge >= 0.3 is 0 Å². The Kier molecular flexibility index (Phi) is 3.92. The number of carbonyl (C=O) groups excluding carboxylic acids is 1. The van der Waals surface area contributed by atoms with Crippen LogP contribution in [0.5, 0.6) is 5.75 Å². The molecule has 0 aromatic heterocycles. The van der Waals surface area contributed by atoms with E-state index in [2.05, 4.69) is 10.2 Å². The third kappa shape index (κ3) is 3.31. The molecule has 1 saturated heterocycles. The van der Waals surface area contributed by atoms with Crippen molar-refractivity contribution in [2.75, 3.05) is 13.1 Å². The number of para-hydroxylation sites is 1. The fourth-order valence-electron chi connectivity index (χ4n) is 2.95. The molecule has 0 bridgehead atoms. The second kappa shape index (κ2) is 5.83. The number of amides is 1. The van der Waals surface area contributed by atoms with Crippen LogP contribution in [0.4, 0.5) is 0 Å². The van der Waals surface area contributed by atoms with Gasteiger partial charge in [-0.05, 0) is 37.3 Å². The first-order valence-electron chi connectivity index (χ1n) is 7.52. The summed E-state index contributed by atoms with van der Waals surface area (Å²) in [5.74, 6) is 0.372. The van der Waals surface area contributed by atoms with Crippen molar-refractivity contribution in [1.82, 2.24) is 10.2 Å². The van der Waals surface area contributed by atoms with Crippen LogP contribution in [0.25, 0.3) is 0 Å². The number of carbonyl (C=O) groups is 1. The van der Waals surface area contributed by atoms with Crippen molar-refractivity contribution in [2.45, 2.75) is 44.2 Å². The van der Waals surface area contributed by atoms with E-state index in [0.29, 0.717) is 18.9 Å². The highest BCUT2D eigenvalue weighted by molar-refractivity contribution is 5.76. The highest BCUT2D eigenvalue weighted by Gasteiger charge is 2.34. The van der Waals surface area contributed by atoms with E-state index in [1.807, 2.05) is 12.1 Å². The average Bonchev–Trinajstić information content (AvgIpc) is 3.19. The molecule has 1 saturated carbocycles. The molecular formula is C16H22N2O2. The van der Waals surface area contributed by atoms with Crippen LogP contribution in [-0.4, -0.2) is 41.1 Å². The van der Waals surface area contributed by atoms with Crippen LogP contribution in [0, 0.1) is 0 Å². The molecule has 4 heteroatoms. The summed E-state index contributed by atoms with van der Waals surface area (Å²) in [5, 5.41) is 12.8. The van der Waals surface area contributed by atoms with Gasteiger partial charge in [-0.15, -0.1) is 0 Å². The van der Waals surface area contributed by atoms with Crippen LogP contribution in [0.15, 0.2) is 24.3 Å². The highest BCUT2D eigenvalue weighted by atomic mass is 16.3. The summed E-state index contributed by atoms with van der Waals surface area (Å²) in [5.41, 5.74) is 0.841. The number of benzene rings is 1. The molecule has 20 heavy (non-hydrogen) atoms. The van der Waals surface area contributed by atoms with Gasteiger partial charge in [-0.3, -0.25) is 9.69 Å². The van der Waals surface area contributed by atoms with Crippen molar-refractivity contribution in [3.63, 3.8) is 0 Å². The maximum atomic E-state index is 12.0. The van der Waals surface area contributed by atoms with E-state index in [4.69, 9.17) is 0 Å². The fourth-order valence-corrected chi connectivity index (χ4v) is 2.95. The molecular weight excluding hydrogens is 252 g/mol. The molecule has 3 rings (SSSR count). The molecule has 1 atom stereocenters. The number of likely N-dealkylation sites (tertiary alicyclic amines) is 1. The second-order valence-corrected chi connectivity index (χ2v) is 5.91. The van der Waals surface area contributed by atoms with Gasteiger partial charge in [0.25, 0.3) is 0 Å². The highest BCUT2D eigenvalue weighted by Crippen LogP contribution is 2.29. The SMILES string of the molecule is O=C(CCc1ccccc1O)NC1CCN(C2CC2)C1. The third-order valence-electron chi connectivity index (χ3n) is 4.26. The molecule has 4 nitrogen and oxygen atoms in total. The first kappa shape index (κ1) is 13.4. The Labute approximate surface area is 119 Å². The molecule has 0 radical (unpaired) electrons. The van der Waals surface area contributed by atoms with Crippen LogP contribution >= 0.6 is 0 Å². The summed E-state index contributed by atoms with van der Waals surface area (Å²) in [6, 6.07) is 8.32. The molecule has 1 amide bonds. The number of aromatic hydroxyl groups is 1. The minimum absolute atomic E-state index is 0.0934. The van der Waals surface area contributed by atoms with Crippen molar-refractivity contribution in [2.24, 2.45) is 0 Å². The lowest BCUT2D eigenvalue weighted by Crippen LogP contribution is -2.37. The lowest BCUT2D eigenvalue weighted by atomic mass is 10.1. The number of rotatable bonds is 5. The summed E-state index contributed by atoms with van der Waals surface area (Å²) in [7, 11) is 0. The Balaban J connectivity index is 1.42. The van der Waals surface area contributed by atoms with Crippen LogP contribution in [0.3, 0.4) is 0 Å². The van der Waals surface area contributed by atoms with Crippen molar-refractivity contribution >= 4 is 5.91 Å². The number of hydrogen-bond acceptors (Lipinski definition) is 3. The lowest BCUT2D eigenvalue weighted by molar-refractivity contribution is -0.121. The van der Waals surface area contributed by atoms with Gasteiger partial charge in [-0.2, -0.15) is 0 Å². The van der Waals surface area contributed by atoms with E-state index in [1.54, 1.807) is 12.1 Å². The van der Waals surface area contributed by atoms with Gasteiger partial charge in [-0.25, -0.2) is 0 Å². The number of nitrogens with zero attached hydrogens (tertiary/aromatic N) is 1. The smallest absolute Gasteiger partial charge is 0.220 e. The number of nitrogens with one attached hydrogen (secondary N) is 1. The maximum Gasteiger partial charge on any atom is 0.220 e. The summed E-state index contributed by atoms with van der Waals surface area (Å²) in [6.45, 7) is 2.13. The summed E-state index contributed by atoms with van der Waals surface area (Å²) in [4.78, 5) is 14.5. The normalized spacial score (nSPS) is 22.9. The summed E-state index contributed by atoms with van der Waals surface area (Å²) >= 11 is 0. The molecule has 108 valence electrons. The number of hydrogen-bond donors (Lipinski definition) is 2. The second-order valence-electron chi connectivity index (χ2n) is 5.91. The zero-order chi connectivity index (χ0) is 13.9. The van der Waals surface area contributed by atoms with Crippen LogP contribution in [0.1, 0.15) is 31.2 Å². The minimum atomic E-state index is 0.0934. The maximum absolute atomic E-state index is 12.0. The van der Waals surface area contributed by atoms with Crippen LogP contribution < -0.4 is 5.32 Å². The Hall–Kier alpha value is -1.55. The van der Waals surface area contributed by atoms with Gasteiger partial charge in [0.1, 0.15) is 5.75 Å². The van der Waals surface area contributed by atoms with Crippen molar-refractivity contribution in [3.05, 3.63) is 29.8 Å². The largest absolute Gasteiger partial charge is 0.508 e. The number of phenolic OH excluding ortho intramolecular Hbond substituents is 1. The molecule has 1 heterocycles. The van der Waals surface area contributed by atoms with E-state index in [9.17, 15) is 9.90 Å². The summed E-state index contributed by atoms with van der Waals surface area (Å²) < 4.78 is 0. The van der Waals surface area contributed by atoms with E-state index < -0.39 is 0 Å². The van der Waals surface area contributed by atoms with Crippen molar-refractivity contribution in [3.8, 4) is 5.75 Å². The fraction of sp³-hybridized carbons (Fsp3) is 0.562. The van der Waals surface area contributed by atoms with Crippen molar-refractivity contribution in [1.29, 1.82) is 0 Å². The van der Waals surface area contributed by atoms with E-state index in [0.717, 1.165) is 31.1 Å². The predicted molar refractivity (Wildman–Crippen MR) is 77.6 cm³/mol. The number of aryl methyl sites for hydroxylation is 1. The monoisotopic (exact) mass is 274 g/mol. The quantitative estimate of drug-likeness (QED) is 0.859.